The third-order valence-corrected chi connectivity index (χ3v) is 18.7. The topological polar surface area (TPSA) is 9.23 Å². The zero-order valence-corrected chi connectivity index (χ0v) is 30.6. The molecule has 0 aliphatic heterocycles. The van der Waals surface area contributed by atoms with Gasteiger partial charge in [-0.15, -0.1) is 0 Å². The van der Waals surface area contributed by atoms with E-state index in [1.807, 2.05) is 0 Å². The van der Waals surface area contributed by atoms with Gasteiger partial charge >= 0.3 is 35.0 Å². The van der Waals surface area contributed by atoms with E-state index in [9.17, 15) is 0 Å². The van der Waals surface area contributed by atoms with Crippen LogP contribution in [0.15, 0.2) is 48.5 Å². The van der Waals surface area contributed by atoms with Crippen LogP contribution in [-0.2, 0) is 15.9 Å². The molecule has 0 atom stereocenters. The van der Waals surface area contributed by atoms with Crippen molar-refractivity contribution in [3.8, 4) is 11.5 Å². The van der Waals surface area contributed by atoms with Crippen molar-refractivity contribution >= 4 is 45.5 Å². The normalized spacial score (nSPS) is 21.8. The summed E-state index contributed by atoms with van der Waals surface area (Å²) in [5.74, 6) is 2.45. The van der Waals surface area contributed by atoms with Gasteiger partial charge in [-0.3, -0.25) is 0 Å². The minimum absolute atomic E-state index is 0.106. The molecule has 0 saturated heterocycles. The van der Waals surface area contributed by atoms with Gasteiger partial charge in [-0.25, -0.2) is 0 Å². The molecule has 0 spiro atoms. The van der Waals surface area contributed by atoms with Gasteiger partial charge in [-0.2, -0.15) is 0 Å². The van der Waals surface area contributed by atoms with Gasteiger partial charge in [-0.1, -0.05) is 49.9 Å². The number of rotatable bonds is 8. The van der Waals surface area contributed by atoms with Crippen LogP contribution in [-0.4, -0.2) is 22.6 Å². The van der Waals surface area contributed by atoms with Crippen LogP contribution < -0.4 is 15.3 Å². The molecule has 1 nitrogen and oxygen atoms in total. The summed E-state index contributed by atoms with van der Waals surface area (Å²) >= 11 is -0.106. The standard InChI is InChI=1S/C36H52OP2.2ClH.Pd/c1-5-17-29(18-6-1)38(30-19-7-2-8-20-30)35-27-15-13-25-33(35)37-34-26-14-16-28-36(34)39(31-21-9-3-10-22-31)32-23-11-4-12-24-32;;;/h13-16,25-32H,1-12,17-24H2;2*1H;/q;;;+2. The molecule has 236 valence electrons. The predicted octanol–water partition coefficient (Wildman–Crippen LogP) is 11.9. The van der Waals surface area contributed by atoms with Crippen molar-refractivity contribution in [1.29, 1.82) is 0 Å². The molecule has 0 unspecified atom stereocenters. The molecule has 4 aliphatic carbocycles. The smallest absolute Gasteiger partial charge is 0.169 e. The molecule has 4 saturated carbocycles. The summed E-state index contributed by atoms with van der Waals surface area (Å²) < 4.78 is 7.22. The van der Waals surface area contributed by atoms with Crippen LogP contribution in [0.25, 0.3) is 0 Å². The van der Waals surface area contributed by atoms with E-state index in [1.54, 1.807) is 10.6 Å². The van der Waals surface area contributed by atoms with E-state index in [0.717, 1.165) is 22.6 Å². The zero-order chi connectivity index (χ0) is 29.0. The Morgan fingerprint density at radius 1 is 0.452 bits per heavy atom. The fraction of sp³-hybridized carbons (Fsp3) is 0.667. The number of benzene rings is 2. The summed E-state index contributed by atoms with van der Waals surface area (Å²) in [4.78, 5) is 0. The summed E-state index contributed by atoms with van der Waals surface area (Å²) in [6.45, 7) is 0. The molecule has 0 bridgehead atoms. The molecular weight excluding hydrogens is 688 g/mol. The fourth-order valence-electron chi connectivity index (χ4n) is 8.91. The third-order valence-electron chi connectivity index (χ3n) is 10.8. The monoisotopic (exact) mass is 740 g/mol. The summed E-state index contributed by atoms with van der Waals surface area (Å²) in [6.07, 6.45) is 29.1. The Balaban J connectivity index is 0.00000113. The van der Waals surface area contributed by atoms with Crippen molar-refractivity contribution < 1.29 is 20.7 Å². The minimum atomic E-state index is -0.661. The van der Waals surface area contributed by atoms with E-state index in [0.29, 0.717) is 0 Å². The van der Waals surface area contributed by atoms with Crippen molar-refractivity contribution in [2.24, 2.45) is 0 Å². The van der Waals surface area contributed by atoms with Crippen LogP contribution in [0, 0.1) is 0 Å². The summed E-state index contributed by atoms with van der Waals surface area (Å²) in [5.41, 5.74) is 3.76. The largest absolute Gasteiger partial charge is 0.449 e. The van der Waals surface area contributed by atoms with Crippen molar-refractivity contribution in [2.75, 3.05) is 0 Å². The van der Waals surface area contributed by atoms with Gasteiger partial charge in [0.05, 0.1) is 22.6 Å². The van der Waals surface area contributed by atoms with E-state index in [2.05, 4.69) is 48.5 Å². The zero-order valence-electron chi connectivity index (χ0n) is 25.6. The Morgan fingerprint density at radius 2 is 0.714 bits per heavy atom. The van der Waals surface area contributed by atoms with Gasteiger partial charge in [0.1, 0.15) is 10.6 Å². The Hall–Kier alpha value is 0.342. The second kappa shape index (κ2) is 18.5. The Labute approximate surface area is 275 Å². The van der Waals surface area contributed by atoms with Crippen molar-refractivity contribution in [3.63, 3.8) is 0 Å². The van der Waals surface area contributed by atoms with Crippen LogP contribution >= 0.6 is 34.9 Å². The van der Waals surface area contributed by atoms with Crippen LogP contribution in [0.4, 0.5) is 0 Å². The average Bonchev–Trinajstić information content (AvgIpc) is 3.05. The molecule has 4 fully saturated rings. The molecule has 6 heteroatoms. The molecule has 0 heterocycles. The van der Waals surface area contributed by atoms with Crippen molar-refractivity contribution in [3.05, 3.63) is 48.5 Å². The Kier molecular flexibility index (Phi) is 14.8. The second-order valence-electron chi connectivity index (χ2n) is 13.4. The number of hydrogen-bond donors (Lipinski definition) is 0. The van der Waals surface area contributed by atoms with Gasteiger partial charge in [-0.05, 0) is 127 Å². The van der Waals surface area contributed by atoms with Crippen LogP contribution in [0.5, 0.6) is 11.5 Å². The van der Waals surface area contributed by atoms with E-state index in [4.69, 9.17) is 23.8 Å². The first-order chi connectivity index (χ1) is 20.8. The summed E-state index contributed by atoms with van der Waals surface area (Å²) in [7, 11) is 8.30. The number of hydrogen-bond acceptors (Lipinski definition) is 1. The molecular formula is C36H54Cl2OP2Pd+2. The SMILES string of the molecule is [Cl][Pd][Cl].c1ccc([PH+](C2CCCCC2)C2CCCCC2)c(Oc2ccccc2[PH+](C2CCCCC2)C2CCCCC2)c1. The molecule has 4 aliphatic rings. The van der Waals surface area contributed by atoms with Crippen LogP contribution in [0.3, 0.4) is 0 Å². The van der Waals surface area contributed by atoms with Crippen LogP contribution in [0.2, 0.25) is 0 Å². The summed E-state index contributed by atoms with van der Waals surface area (Å²) in [5, 5.41) is 3.28. The van der Waals surface area contributed by atoms with Gasteiger partial charge < -0.3 is 4.74 Å². The fourth-order valence-corrected chi connectivity index (χ4v) is 17.5. The maximum absolute atomic E-state index is 7.22. The first-order valence-corrected chi connectivity index (χ1v) is 24.5. The second-order valence-corrected chi connectivity index (χ2v) is 21.9. The number of ether oxygens (including phenoxy) is 1. The third kappa shape index (κ3) is 9.21. The van der Waals surface area contributed by atoms with Gasteiger partial charge in [0, 0.05) is 15.8 Å². The van der Waals surface area contributed by atoms with E-state index < -0.39 is 15.8 Å². The van der Waals surface area contributed by atoms with Gasteiger partial charge in [0.2, 0.25) is 0 Å². The van der Waals surface area contributed by atoms with E-state index in [-0.39, 0.29) is 15.9 Å². The molecule has 2 aromatic carbocycles. The minimum Gasteiger partial charge on any atom is -0.449 e. The molecule has 2 aromatic rings. The quantitative estimate of drug-likeness (QED) is 0.193. The first-order valence-electron chi connectivity index (χ1n) is 17.2. The predicted molar refractivity (Wildman–Crippen MR) is 188 cm³/mol. The first kappa shape index (κ1) is 33.7. The van der Waals surface area contributed by atoms with E-state index >= 15 is 0 Å². The molecule has 0 N–H and O–H groups in total. The summed E-state index contributed by atoms with van der Waals surface area (Å²) in [6, 6.07) is 18.8. The van der Waals surface area contributed by atoms with Gasteiger partial charge in [0.15, 0.2) is 11.5 Å². The van der Waals surface area contributed by atoms with Crippen molar-refractivity contribution in [2.45, 2.75) is 151 Å². The van der Waals surface area contributed by atoms with Crippen molar-refractivity contribution in [1.82, 2.24) is 0 Å². The molecule has 0 amide bonds. The maximum atomic E-state index is 7.22. The average molecular weight is 742 g/mol. The Morgan fingerprint density at radius 3 is 1.00 bits per heavy atom. The maximum Gasteiger partial charge on any atom is 0.169 e. The van der Waals surface area contributed by atoms with Gasteiger partial charge in [0.25, 0.3) is 0 Å². The molecule has 6 rings (SSSR count). The molecule has 42 heavy (non-hydrogen) atoms. The Bertz CT molecular complexity index is 929. The number of para-hydroxylation sites is 2. The van der Waals surface area contributed by atoms with E-state index in [1.165, 1.54) is 140 Å². The van der Waals surface area contributed by atoms with Crippen LogP contribution in [0.1, 0.15) is 128 Å². The molecule has 0 aromatic heterocycles. The number of halogens is 2. The molecule has 0 radical (unpaired) electrons.